The third-order valence-corrected chi connectivity index (χ3v) is 4.72. The number of hydrogen-bond donors (Lipinski definition) is 0. The predicted octanol–water partition coefficient (Wildman–Crippen LogP) is 2.69. The maximum Gasteiger partial charge on any atom is 0.231 e. The molecule has 1 fully saturated rings. The van der Waals surface area contributed by atoms with Crippen molar-refractivity contribution in [2.75, 3.05) is 26.8 Å². The van der Waals surface area contributed by atoms with Crippen molar-refractivity contribution in [2.45, 2.75) is 31.7 Å². The van der Waals surface area contributed by atoms with Gasteiger partial charge in [-0.3, -0.25) is 4.90 Å². The van der Waals surface area contributed by atoms with E-state index in [1.165, 1.54) is 0 Å². The Bertz CT molecular complexity index is 831. The normalized spacial score (nSPS) is 18.0. The lowest BCUT2D eigenvalue weighted by molar-refractivity contribution is 0.179. The van der Waals surface area contributed by atoms with Crippen LogP contribution in [0.4, 0.5) is 0 Å². The fourth-order valence-corrected chi connectivity index (χ4v) is 3.36. The summed E-state index contributed by atoms with van der Waals surface area (Å²) in [6.45, 7) is 3.34. The molecule has 1 atom stereocenters. The molecular weight excluding hydrogens is 346 g/mol. The molecule has 0 aliphatic carbocycles. The first-order valence-electron chi connectivity index (χ1n) is 9.20. The highest BCUT2D eigenvalue weighted by Gasteiger charge is 2.26. The summed E-state index contributed by atoms with van der Waals surface area (Å²) in [5.74, 6) is 3.00. The van der Waals surface area contributed by atoms with Crippen molar-refractivity contribution in [1.82, 2.24) is 25.0 Å². The van der Waals surface area contributed by atoms with Gasteiger partial charge < -0.3 is 13.7 Å². The van der Waals surface area contributed by atoms with Crippen LogP contribution in [0.5, 0.6) is 0 Å². The van der Waals surface area contributed by atoms with Crippen LogP contribution in [0, 0.1) is 0 Å². The van der Waals surface area contributed by atoms with Gasteiger partial charge in [0, 0.05) is 44.6 Å². The Morgan fingerprint density at radius 3 is 2.96 bits per heavy atom. The summed E-state index contributed by atoms with van der Waals surface area (Å²) < 4.78 is 15.9. The highest BCUT2D eigenvalue weighted by Crippen LogP contribution is 2.26. The molecule has 4 heterocycles. The van der Waals surface area contributed by atoms with E-state index in [-0.39, 0.29) is 5.92 Å². The highest BCUT2D eigenvalue weighted by molar-refractivity contribution is 5.45. The van der Waals surface area contributed by atoms with Gasteiger partial charge in [-0.15, -0.1) is 0 Å². The number of ether oxygens (including phenoxy) is 1. The number of furan rings is 1. The molecule has 142 valence electrons. The first-order chi connectivity index (χ1) is 13.3. The molecule has 0 spiro atoms. The summed E-state index contributed by atoms with van der Waals surface area (Å²) in [6.07, 6.45) is 8.20. The van der Waals surface area contributed by atoms with E-state index in [4.69, 9.17) is 13.7 Å². The maximum atomic E-state index is 5.48. The molecule has 1 aliphatic heterocycles. The van der Waals surface area contributed by atoms with Gasteiger partial charge in [-0.05, 0) is 31.5 Å². The van der Waals surface area contributed by atoms with Gasteiger partial charge in [0.25, 0.3) is 0 Å². The number of hydrogen-bond acceptors (Lipinski definition) is 8. The molecule has 0 bridgehead atoms. The van der Waals surface area contributed by atoms with Crippen LogP contribution in [0.2, 0.25) is 0 Å². The summed E-state index contributed by atoms with van der Waals surface area (Å²) in [6, 6.07) is 3.69. The fourth-order valence-electron chi connectivity index (χ4n) is 3.36. The molecule has 3 aromatic heterocycles. The standard InChI is InChI=1S/C19H23N5O3/c1-25-9-6-17-22-19(27-23-17)15-4-2-7-24(13-15)12-14-10-20-18(21-11-14)16-5-3-8-26-16/h3,5,8,10-11,15H,2,4,6-7,9,12-13H2,1H3/t15-/m0/s1. The van der Waals surface area contributed by atoms with Crippen molar-refractivity contribution >= 4 is 0 Å². The molecule has 0 unspecified atom stereocenters. The quantitative estimate of drug-likeness (QED) is 0.628. The van der Waals surface area contributed by atoms with E-state index in [9.17, 15) is 0 Å². The number of piperidine rings is 1. The van der Waals surface area contributed by atoms with E-state index in [2.05, 4.69) is 25.0 Å². The molecule has 3 aromatic rings. The van der Waals surface area contributed by atoms with Crippen LogP contribution < -0.4 is 0 Å². The first kappa shape index (κ1) is 17.8. The predicted molar refractivity (Wildman–Crippen MR) is 96.9 cm³/mol. The van der Waals surface area contributed by atoms with Crippen molar-refractivity contribution in [3.05, 3.63) is 48.1 Å². The zero-order valence-electron chi connectivity index (χ0n) is 15.4. The average Bonchev–Trinajstić information content (AvgIpc) is 3.39. The van der Waals surface area contributed by atoms with E-state index in [1.807, 2.05) is 24.5 Å². The smallest absolute Gasteiger partial charge is 0.231 e. The Morgan fingerprint density at radius 2 is 2.19 bits per heavy atom. The molecule has 0 amide bonds. The van der Waals surface area contributed by atoms with Crippen LogP contribution in [0.3, 0.4) is 0 Å². The van der Waals surface area contributed by atoms with Crippen molar-refractivity contribution in [1.29, 1.82) is 0 Å². The molecule has 0 radical (unpaired) electrons. The Balaban J connectivity index is 1.36. The minimum Gasteiger partial charge on any atom is -0.461 e. The number of nitrogens with zero attached hydrogens (tertiary/aromatic N) is 5. The van der Waals surface area contributed by atoms with E-state index in [1.54, 1.807) is 13.4 Å². The Labute approximate surface area is 157 Å². The van der Waals surface area contributed by atoms with Crippen molar-refractivity contribution in [2.24, 2.45) is 0 Å². The SMILES string of the molecule is COCCc1noc([C@H]2CCCN(Cc3cnc(-c4ccco4)nc3)C2)n1. The van der Waals surface area contributed by atoms with Crippen LogP contribution in [0.25, 0.3) is 11.6 Å². The first-order valence-corrected chi connectivity index (χ1v) is 9.20. The molecule has 0 N–H and O–H groups in total. The van der Waals surface area contributed by atoms with E-state index in [0.29, 0.717) is 30.4 Å². The molecule has 8 nitrogen and oxygen atoms in total. The summed E-state index contributed by atoms with van der Waals surface area (Å²) in [4.78, 5) is 15.7. The monoisotopic (exact) mass is 369 g/mol. The molecular formula is C19H23N5O3. The topological polar surface area (TPSA) is 90.3 Å². The summed E-state index contributed by atoms with van der Waals surface area (Å²) in [7, 11) is 1.67. The van der Waals surface area contributed by atoms with Gasteiger partial charge >= 0.3 is 0 Å². The third-order valence-electron chi connectivity index (χ3n) is 4.72. The lowest BCUT2D eigenvalue weighted by Crippen LogP contribution is -2.34. The van der Waals surface area contributed by atoms with Gasteiger partial charge in [-0.25, -0.2) is 9.97 Å². The second kappa shape index (κ2) is 8.41. The molecule has 1 aliphatic rings. The summed E-state index contributed by atoms with van der Waals surface area (Å²) in [5, 5.41) is 4.06. The second-order valence-corrected chi connectivity index (χ2v) is 6.76. The highest BCUT2D eigenvalue weighted by atomic mass is 16.5. The molecule has 8 heteroatoms. The van der Waals surface area contributed by atoms with Crippen molar-refractivity contribution in [3.63, 3.8) is 0 Å². The lowest BCUT2D eigenvalue weighted by Gasteiger charge is -2.30. The molecule has 0 saturated carbocycles. The van der Waals surface area contributed by atoms with Gasteiger partial charge in [0.15, 0.2) is 17.4 Å². The van der Waals surface area contributed by atoms with Crippen LogP contribution >= 0.6 is 0 Å². The van der Waals surface area contributed by atoms with Crippen molar-refractivity contribution < 1.29 is 13.7 Å². The fraction of sp³-hybridized carbons (Fsp3) is 0.474. The van der Waals surface area contributed by atoms with Gasteiger partial charge in [0.05, 0.1) is 18.8 Å². The average molecular weight is 369 g/mol. The zero-order chi connectivity index (χ0) is 18.5. The van der Waals surface area contributed by atoms with Crippen LogP contribution in [0.1, 0.15) is 36.0 Å². The number of likely N-dealkylation sites (tertiary alicyclic amines) is 1. The Morgan fingerprint density at radius 1 is 1.30 bits per heavy atom. The second-order valence-electron chi connectivity index (χ2n) is 6.76. The van der Waals surface area contributed by atoms with Crippen LogP contribution in [-0.4, -0.2) is 51.8 Å². The van der Waals surface area contributed by atoms with Gasteiger partial charge in [0.1, 0.15) is 0 Å². The number of methoxy groups -OCH3 is 1. The molecule has 0 aromatic carbocycles. The Kier molecular flexibility index (Phi) is 5.55. The van der Waals surface area contributed by atoms with Gasteiger partial charge in [0.2, 0.25) is 5.89 Å². The largest absolute Gasteiger partial charge is 0.461 e. The minimum absolute atomic E-state index is 0.269. The number of aromatic nitrogens is 4. The summed E-state index contributed by atoms with van der Waals surface area (Å²) in [5.41, 5.74) is 1.08. The molecule has 27 heavy (non-hydrogen) atoms. The van der Waals surface area contributed by atoms with E-state index in [0.717, 1.165) is 43.9 Å². The van der Waals surface area contributed by atoms with E-state index < -0.39 is 0 Å². The van der Waals surface area contributed by atoms with E-state index >= 15 is 0 Å². The number of rotatable bonds is 7. The molecule has 1 saturated heterocycles. The minimum atomic E-state index is 0.269. The lowest BCUT2D eigenvalue weighted by atomic mass is 9.97. The van der Waals surface area contributed by atoms with Gasteiger partial charge in [-0.2, -0.15) is 4.98 Å². The zero-order valence-corrected chi connectivity index (χ0v) is 15.4. The maximum absolute atomic E-state index is 5.48. The summed E-state index contributed by atoms with van der Waals surface area (Å²) >= 11 is 0. The van der Waals surface area contributed by atoms with Crippen LogP contribution in [0.15, 0.2) is 39.7 Å². The Hall–Kier alpha value is -2.58. The van der Waals surface area contributed by atoms with Crippen molar-refractivity contribution in [3.8, 4) is 11.6 Å². The van der Waals surface area contributed by atoms with Gasteiger partial charge in [-0.1, -0.05) is 5.16 Å². The molecule has 4 rings (SSSR count). The third kappa shape index (κ3) is 4.40. The van der Waals surface area contributed by atoms with Crippen LogP contribution in [-0.2, 0) is 17.7 Å².